The lowest BCUT2D eigenvalue weighted by molar-refractivity contribution is 0.321. The second kappa shape index (κ2) is 6.79. The molecule has 1 aromatic carbocycles. The highest BCUT2D eigenvalue weighted by molar-refractivity contribution is 7.10. The summed E-state index contributed by atoms with van der Waals surface area (Å²) >= 11 is 1.75. The Labute approximate surface area is 145 Å². The van der Waals surface area contributed by atoms with E-state index in [1.807, 2.05) is 20.0 Å². The average molecular weight is 343 g/mol. The summed E-state index contributed by atoms with van der Waals surface area (Å²) in [5.74, 6) is 0.174. The van der Waals surface area contributed by atoms with E-state index in [1.54, 1.807) is 23.5 Å². The first-order chi connectivity index (χ1) is 11.5. The van der Waals surface area contributed by atoms with Crippen LogP contribution in [0.5, 0.6) is 5.75 Å². The second-order valence-electron chi connectivity index (χ2n) is 6.12. The molecule has 4 nitrogen and oxygen atoms in total. The van der Waals surface area contributed by atoms with Crippen molar-refractivity contribution in [3.05, 3.63) is 61.6 Å². The fourth-order valence-electron chi connectivity index (χ4n) is 2.88. The van der Waals surface area contributed by atoms with Crippen LogP contribution in [0.2, 0.25) is 0 Å². The van der Waals surface area contributed by atoms with Crippen molar-refractivity contribution >= 4 is 22.3 Å². The lowest BCUT2D eigenvalue weighted by atomic mass is 10.0. The van der Waals surface area contributed by atoms with Crippen molar-refractivity contribution in [2.75, 3.05) is 7.05 Å². The molecule has 0 saturated carbocycles. The van der Waals surface area contributed by atoms with Crippen LogP contribution in [0.1, 0.15) is 28.5 Å². The van der Waals surface area contributed by atoms with Gasteiger partial charge < -0.3 is 9.52 Å². The predicted octanol–water partition coefficient (Wildman–Crippen LogP) is 4.06. The molecule has 0 radical (unpaired) electrons. The Morgan fingerprint density at radius 2 is 2.00 bits per heavy atom. The van der Waals surface area contributed by atoms with Crippen molar-refractivity contribution in [3.8, 4) is 5.75 Å². The van der Waals surface area contributed by atoms with Gasteiger partial charge in [-0.2, -0.15) is 0 Å². The molecule has 0 amide bonds. The fourth-order valence-corrected chi connectivity index (χ4v) is 3.86. The average Bonchev–Trinajstić information content (AvgIpc) is 2.91. The number of thiophene rings is 1. The van der Waals surface area contributed by atoms with Gasteiger partial charge in [0.05, 0.1) is 0 Å². The smallest absolute Gasteiger partial charge is 0.336 e. The maximum absolute atomic E-state index is 11.9. The summed E-state index contributed by atoms with van der Waals surface area (Å²) in [5, 5.41) is 13.0. The molecule has 0 saturated heterocycles. The minimum Gasteiger partial charge on any atom is -0.508 e. The molecule has 3 rings (SSSR count). The van der Waals surface area contributed by atoms with Gasteiger partial charge in [0, 0.05) is 35.5 Å². The molecule has 0 bridgehead atoms. The molecule has 0 unspecified atom stereocenters. The van der Waals surface area contributed by atoms with Crippen molar-refractivity contribution in [3.63, 3.8) is 0 Å². The third kappa shape index (κ3) is 3.37. The summed E-state index contributed by atoms with van der Waals surface area (Å²) < 4.78 is 5.26. The highest BCUT2D eigenvalue weighted by Crippen LogP contribution is 2.28. The summed E-state index contributed by atoms with van der Waals surface area (Å²) in [6.07, 6.45) is 0.727. The van der Waals surface area contributed by atoms with Gasteiger partial charge in [-0.05, 0) is 54.6 Å². The van der Waals surface area contributed by atoms with Crippen LogP contribution >= 0.6 is 11.3 Å². The Kier molecular flexibility index (Phi) is 4.73. The van der Waals surface area contributed by atoms with E-state index < -0.39 is 0 Å². The third-order valence-corrected chi connectivity index (χ3v) is 5.24. The zero-order valence-electron chi connectivity index (χ0n) is 14.1. The van der Waals surface area contributed by atoms with Crippen molar-refractivity contribution in [2.24, 2.45) is 0 Å². The number of hydrogen-bond acceptors (Lipinski definition) is 5. The summed E-state index contributed by atoms with van der Waals surface area (Å²) in [6.45, 7) is 5.59. The first-order valence-corrected chi connectivity index (χ1v) is 8.86. The first kappa shape index (κ1) is 16.7. The second-order valence-corrected chi connectivity index (χ2v) is 7.12. The van der Waals surface area contributed by atoms with E-state index in [4.69, 9.17) is 4.42 Å². The minimum absolute atomic E-state index is 0.174. The number of aryl methyl sites for hydroxylation is 2. The number of fused-ring (bicyclic) bond motifs is 1. The van der Waals surface area contributed by atoms with E-state index in [9.17, 15) is 9.90 Å². The van der Waals surface area contributed by atoms with Crippen LogP contribution in [0.3, 0.4) is 0 Å². The lowest BCUT2D eigenvalue weighted by Gasteiger charge is -2.17. The molecule has 3 aromatic rings. The number of phenols is 1. The molecule has 0 aliphatic carbocycles. The van der Waals surface area contributed by atoms with E-state index in [0.717, 1.165) is 29.5 Å². The highest BCUT2D eigenvalue weighted by atomic mass is 32.1. The molecule has 2 heterocycles. The van der Waals surface area contributed by atoms with Crippen molar-refractivity contribution in [1.82, 2.24) is 4.90 Å². The van der Waals surface area contributed by atoms with Crippen LogP contribution in [0.25, 0.3) is 11.0 Å². The van der Waals surface area contributed by atoms with Crippen LogP contribution < -0.4 is 5.63 Å². The Bertz CT molecular complexity index is 926. The van der Waals surface area contributed by atoms with E-state index in [2.05, 4.69) is 23.3 Å². The molecular formula is C19H21NO3S. The van der Waals surface area contributed by atoms with Gasteiger partial charge in [0.15, 0.2) is 0 Å². The van der Waals surface area contributed by atoms with Gasteiger partial charge in [-0.1, -0.05) is 6.92 Å². The third-order valence-electron chi connectivity index (χ3n) is 4.23. The zero-order chi connectivity index (χ0) is 17.3. The quantitative estimate of drug-likeness (QED) is 0.710. The monoisotopic (exact) mass is 343 g/mol. The SMILES string of the molecule is CCc1cc2c(CN(C)Cc3sccc3C)cc(=O)oc2cc1O. The largest absolute Gasteiger partial charge is 0.508 e. The standard InChI is InChI=1S/C19H21NO3S/c1-4-13-7-15-14(8-19(22)23-17(15)9-16(13)21)10-20(3)11-18-12(2)5-6-24-18/h5-9,21H,4,10-11H2,1-3H3. The van der Waals surface area contributed by atoms with Crippen molar-refractivity contribution in [2.45, 2.75) is 33.4 Å². The molecule has 2 aromatic heterocycles. The van der Waals surface area contributed by atoms with Crippen molar-refractivity contribution in [1.29, 1.82) is 0 Å². The van der Waals surface area contributed by atoms with Crippen LogP contribution in [-0.4, -0.2) is 17.1 Å². The molecule has 1 N–H and O–H groups in total. The molecule has 24 heavy (non-hydrogen) atoms. The van der Waals surface area contributed by atoms with Gasteiger partial charge in [-0.15, -0.1) is 11.3 Å². The minimum atomic E-state index is -0.387. The predicted molar refractivity (Wildman–Crippen MR) is 97.8 cm³/mol. The number of aromatic hydroxyl groups is 1. The maximum atomic E-state index is 11.9. The van der Waals surface area contributed by atoms with Crippen LogP contribution in [-0.2, 0) is 19.5 Å². The van der Waals surface area contributed by atoms with E-state index in [1.165, 1.54) is 10.4 Å². The van der Waals surface area contributed by atoms with E-state index in [0.29, 0.717) is 12.1 Å². The lowest BCUT2D eigenvalue weighted by Crippen LogP contribution is -2.18. The van der Waals surface area contributed by atoms with E-state index >= 15 is 0 Å². The van der Waals surface area contributed by atoms with Gasteiger partial charge >= 0.3 is 5.63 Å². The molecule has 5 heteroatoms. The number of hydrogen-bond donors (Lipinski definition) is 1. The Balaban J connectivity index is 1.96. The Morgan fingerprint density at radius 1 is 1.21 bits per heavy atom. The summed E-state index contributed by atoms with van der Waals surface area (Å²) in [6, 6.07) is 7.14. The van der Waals surface area contributed by atoms with Crippen LogP contribution in [0, 0.1) is 6.92 Å². The molecule has 0 spiro atoms. The Hall–Kier alpha value is -2.11. The van der Waals surface area contributed by atoms with Gasteiger partial charge in [-0.25, -0.2) is 4.79 Å². The van der Waals surface area contributed by atoms with Crippen LogP contribution in [0.15, 0.2) is 38.9 Å². The van der Waals surface area contributed by atoms with Gasteiger partial charge in [0.1, 0.15) is 11.3 Å². The molecular weight excluding hydrogens is 322 g/mol. The number of benzene rings is 1. The molecule has 0 atom stereocenters. The number of phenolic OH excluding ortho intramolecular Hbond substituents is 1. The normalized spacial score (nSPS) is 11.5. The Morgan fingerprint density at radius 3 is 2.67 bits per heavy atom. The van der Waals surface area contributed by atoms with Crippen LogP contribution in [0.4, 0.5) is 0 Å². The van der Waals surface area contributed by atoms with E-state index in [-0.39, 0.29) is 11.4 Å². The first-order valence-electron chi connectivity index (χ1n) is 7.98. The molecule has 0 aliphatic rings. The highest BCUT2D eigenvalue weighted by Gasteiger charge is 2.12. The topological polar surface area (TPSA) is 53.7 Å². The summed E-state index contributed by atoms with van der Waals surface area (Å²) in [4.78, 5) is 15.4. The number of nitrogens with zero attached hydrogens (tertiary/aromatic N) is 1. The van der Waals surface area contributed by atoms with Gasteiger partial charge in [0.25, 0.3) is 0 Å². The molecule has 126 valence electrons. The zero-order valence-corrected chi connectivity index (χ0v) is 14.9. The molecule has 0 aliphatic heterocycles. The fraction of sp³-hybridized carbons (Fsp3) is 0.316. The van der Waals surface area contributed by atoms with Gasteiger partial charge in [-0.3, -0.25) is 4.90 Å². The summed E-state index contributed by atoms with van der Waals surface area (Å²) in [7, 11) is 2.04. The maximum Gasteiger partial charge on any atom is 0.336 e. The van der Waals surface area contributed by atoms with Crippen molar-refractivity contribution < 1.29 is 9.52 Å². The molecule has 0 fully saturated rings. The number of rotatable bonds is 5. The van der Waals surface area contributed by atoms with Gasteiger partial charge in [0.2, 0.25) is 0 Å². The summed E-state index contributed by atoms with van der Waals surface area (Å²) in [5.41, 5.74) is 3.12.